The summed E-state index contributed by atoms with van der Waals surface area (Å²) in [6.45, 7) is 5.86. The van der Waals surface area contributed by atoms with E-state index in [-0.39, 0.29) is 11.1 Å². The lowest BCUT2D eigenvalue weighted by atomic mass is 9.95. The van der Waals surface area contributed by atoms with Gasteiger partial charge in [0.25, 0.3) is 5.56 Å². The third-order valence-corrected chi connectivity index (χ3v) is 3.17. The van der Waals surface area contributed by atoms with E-state index in [9.17, 15) is 9.59 Å². The van der Waals surface area contributed by atoms with Crippen molar-refractivity contribution in [1.29, 1.82) is 5.26 Å². The normalized spacial score (nSPS) is 11.1. The van der Waals surface area contributed by atoms with Crippen LogP contribution in [0.2, 0.25) is 0 Å². The van der Waals surface area contributed by atoms with Crippen LogP contribution in [-0.2, 0) is 5.54 Å². The van der Waals surface area contributed by atoms with Crippen LogP contribution in [0.5, 0.6) is 0 Å². The molecule has 0 unspecified atom stereocenters. The molecule has 0 radical (unpaired) electrons. The molecule has 0 amide bonds. The van der Waals surface area contributed by atoms with Gasteiger partial charge >= 0.3 is 5.69 Å². The van der Waals surface area contributed by atoms with Crippen molar-refractivity contribution < 1.29 is 0 Å². The third-order valence-electron chi connectivity index (χ3n) is 3.17. The summed E-state index contributed by atoms with van der Waals surface area (Å²) in [5.74, 6) is 0. The van der Waals surface area contributed by atoms with E-state index < -0.39 is 11.2 Å². The Bertz CT molecular complexity index is 529. The number of H-pyrrole nitrogens is 1. The van der Waals surface area contributed by atoms with Crippen molar-refractivity contribution in [2.45, 2.75) is 39.2 Å². The molecular weight excluding hydrogens is 206 g/mol. The Kier molecular flexibility index (Phi) is 3.33. The SMILES string of the molecule is CCC(C)(CC)n1cc(C#N)c(=O)[nH]c1=O. The van der Waals surface area contributed by atoms with E-state index in [1.807, 2.05) is 20.8 Å². The summed E-state index contributed by atoms with van der Waals surface area (Å²) in [5, 5.41) is 8.76. The van der Waals surface area contributed by atoms with Crippen LogP contribution in [-0.4, -0.2) is 9.55 Å². The van der Waals surface area contributed by atoms with Gasteiger partial charge in [-0.05, 0) is 19.8 Å². The van der Waals surface area contributed by atoms with Crippen molar-refractivity contribution >= 4 is 0 Å². The van der Waals surface area contributed by atoms with Crippen LogP contribution >= 0.6 is 0 Å². The quantitative estimate of drug-likeness (QED) is 0.825. The van der Waals surface area contributed by atoms with Gasteiger partial charge in [-0.3, -0.25) is 14.3 Å². The zero-order valence-electron chi connectivity index (χ0n) is 9.70. The van der Waals surface area contributed by atoms with Gasteiger partial charge in [0, 0.05) is 11.7 Å². The highest BCUT2D eigenvalue weighted by atomic mass is 16.2. The molecular formula is C11H15N3O2. The second kappa shape index (κ2) is 4.35. The number of nitrogens with one attached hydrogen (secondary N) is 1. The predicted molar refractivity (Wildman–Crippen MR) is 60.3 cm³/mol. The van der Waals surface area contributed by atoms with E-state index in [1.165, 1.54) is 10.8 Å². The Balaban J connectivity index is 3.53. The van der Waals surface area contributed by atoms with E-state index in [2.05, 4.69) is 4.98 Å². The summed E-state index contributed by atoms with van der Waals surface area (Å²) >= 11 is 0. The van der Waals surface area contributed by atoms with Gasteiger partial charge in [0.1, 0.15) is 11.6 Å². The minimum absolute atomic E-state index is 0.0345. The summed E-state index contributed by atoms with van der Waals surface area (Å²) in [5.41, 5.74) is -1.49. The van der Waals surface area contributed by atoms with Crippen LogP contribution in [0.3, 0.4) is 0 Å². The Morgan fingerprint density at radius 1 is 1.44 bits per heavy atom. The Labute approximate surface area is 93.4 Å². The van der Waals surface area contributed by atoms with Crippen LogP contribution in [0.4, 0.5) is 0 Å². The number of aromatic amines is 1. The molecule has 1 aromatic rings. The first-order valence-electron chi connectivity index (χ1n) is 5.25. The topological polar surface area (TPSA) is 78.7 Å². The zero-order chi connectivity index (χ0) is 12.3. The van der Waals surface area contributed by atoms with Crippen LogP contribution in [0.25, 0.3) is 0 Å². The van der Waals surface area contributed by atoms with Crippen molar-refractivity contribution in [2.75, 3.05) is 0 Å². The molecule has 1 heterocycles. The highest BCUT2D eigenvalue weighted by Crippen LogP contribution is 2.21. The van der Waals surface area contributed by atoms with Crippen LogP contribution < -0.4 is 11.2 Å². The van der Waals surface area contributed by atoms with Gasteiger partial charge in [-0.25, -0.2) is 4.79 Å². The molecule has 0 aliphatic carbocycles. The molecule has 0 bridgehead atoms. The highest BCUT2D eigenvalue weighted by Gasteiger charge is 2.24. The van der Waals surface area contributed by atoms with Gasteiger partial charge in [0.05, 0.1) is 0 Å². The zero-order valence-corrected chi connectivity index (χ0v) is 9.70. The monoisotopic (exact) mass is 221 g/mol. The predicted octanol–water partition coefficient (Wildman–Crippen LogP) is 0.943. The molecule has 86 valence electrons. The molecule has 1 rings (SSSR count). The van der Waals surface area contributed by atoms with Gasteiger partial charge in [-0.1, -0.05) is 13.8 Å². The summed E-state index contributed by atoms with van der Waals surface area (Å²) in [6, 6.07) is 1.78. The van der Waals surface area contributed by atoms with Crippen LogP contribution in [0.1, 0.15) is 39.2 Å². The summed E-state index contributed by atoms with van der Waals surface area (Å²) in [7, 11) is 0. The molecule has 5 nitrogen and oxygen atoms in total. The van der Waals surface area contributed by atoms with Crippen LogP contribution in [0, 0.1) is 11.3 Å². The van der Waals surface area contributed by atoms with E-state index in [0.717, 1.165) is 12.8 Å². The molecule has 5 heteroatoms. The fraction of sp³-hybridized carbons (Fsp3) is 0.545. The van der Waals surface area contributed by atoms with E-state index in [0.29, 0.717) is 0 Å². The summed E-state index contributed by atoms with van der Waals surface area (Å²) < 4.78 is 1.44. The third kappa shape index (κ3) is 1.91. The number of aromatic nitrogens is 2. The fourth-order valence-electron chi connectivity index (χ4n) is 1.54. The van der Waals surface area contributed by atoms with Gasteiger partial charge in [-0.2, -0.15) is 5.26 Å². The molecule has 0 aliphatic rings. The molecule has 0 saturated carbocycles. The lowest BCUT2D eigenvalue weighted by molar-refractivity contribution is 0.280. The van der Waals surface area contributed by atoms with E-state index in [4.69, 9.17) is 5.26 Å². The summed E-state index contributed by atoms with van der Waals surface area (Å²) in [6.07, 6.45) is 2.84. The van der Waals surface area contributed by atoms with Crippen molar-refractivity contribution in [3.05, 3.63) is 32.6 Å². The first kappa shape index (κ1) is 12.2. The maximum atomic E-state index is 11.7. The average Bonchev–Trinajstić information content (AvgIpc) is 2.28. The van der Waals surface area contributed by atoms with Gasteiger partial charge < -0.3 is 0 Å². The number of rotatable bonds is 3. The maximum Gasteiger partial charge on any atom is 0.328 e. The van der Waals surface area contributed by atoms with Gasteiger partial charge in [-0.15, -0.1) is 0 Å². The molecule has 0 saturated heterocycles. The van der Waals surface area contributed by atoms with Crippen molar-refractivity contribution in [3.63, 3.8) is 0 Å². The highest BCUT2D eigenvalue weighted by molar-refractivity contribution is 5.22. The van der Waals surface area contributed by atoms with Crippen molar-refractivity contribution in [2.24, 2.45) is 0 Å². The Morgan fingerprint density at radius 3 is 2.44 bits per heavy atom. The smallest absolute Gasteiger partial charge is 0.293 e. The van der Waals surface area contributed by atoms with E-state index in [1.54, 1.807) is 6.07 Å². The average molecular weight is 221 g/mol. The number of hydrogen-bond acceptors (Lipinski definition) is 3. The van der Waals surface area contributed by atoms with Crippen molar-refractivity contribution in [1.82, 2.24) is 9.55 Å². The lowest BCUT2D eigenvalue weighted by Gasteiger charge is -2.29. The number of nitrogens with zero attached hydrogens (tertiary/aromatic N) is 2. The van der Waals surface area contributed by atoms with E-state index >= 15 is 0 Å². The standard InChI is InChI=1S/C11H15N3O2/c1-4-11(3,5-2)14-7-8(6-12)9(15)13-10(14)16/h7H,4-5H2,1-3H3,(H,13,15,16). The summed E-state index contributed by atoms with van der Waals surface area (Å²) in [4.78, 5) is 25.1. The number of hydrogen-bond donors (Lipinski definition) is 1. The molecule has 0 atom stereocenters. The second-order valence-corrected chi connectivity index (χ2v) is 3.99. The maximum absolute atomic E-state index is 11.7. The fourth-order valence-corrected chi connectivity index (χ4v) is 1.54. The molecule has 0 spiro atoms. The van der Waals surface area contributed by atoms with Gasteiger partial charge in [0.2, 0.25) is 0 Å². The van der Waals surface area contributed by atoms with Crippen molar-refractivity contribution in [3.8, 4) is 6.07 Å². The molecule has 0 fully saturated rings. The first-order valence-corrected chi connectivity index (χ1v) is 5.25. The molecule has 1 N–H and O–H groups in total. The van der Waals surface area contributed by atoms with Crippen LogP contribution in [0.15, 0.2) is 15.8 Å². The Morgan fingerprint density at radius 2 is 2.00 bits per heavy atom. The molecule has 0 aromatic carbocycles. The van der Waals surface area contributed by atoms with Gasteiger partial charge in [0.15, 0.2) is 0 Å². The minimum Gasteiger partial charge on any atom is -0.293 e. The molecule has 1 aromatic heterocycles. The minimum atomic E-state index is -0.627. The number of nitriles is 1. The largest absolute Gasteiger partial charge is 0.328 e. The lowest BCUT2D eigenvalue weighted by Crippen LogP contribution is -2.42. The molecule has 0 aliphatic heterocycles. The molecule has 16 heavy (non-hydrogen) atoms. The first-order chi connectivity index (χ1) is 7.48. The Hall–Kier alpha value is -1.83. The second-order valence-electron chi connectivity index (χ2n) is 3.99.